The number of Topliss-reactive ketones (excluding diaryl/α,β-unsaturated/α-hetero) is 1. The summed E-state index contributed by atoms with van der Waals surface area (Å²) in [6.07, 6.45) is 0. The molecule has 3 aromatic rings. The maximum Gasteiger partial charge on any atom is 0.438 e. The predicted molar refractivity (Wildman–Crippen MR) is 71.7 cm³/mol. The molecule has 0 aliphatic rings. The van der Waals surface area contributed by atoms with Crippen LogP contribution in [0.4, 0.5) is 0 Å². The van der Waals surface area contributed by atoms with Gasteiger partial charge in [-0.2, -0.15) is 0 Å². The molecule has 0 aliphatic heterocycles. The second kappa shape index (κ2) is 4.97. The van der Waals surface area contributed by atoms with Gasteiger partial charge in [0.1, 0.15) is 0 Å². The molecule has 0 saturated heterocycles. The van der Waals surface area contributed by atoms with Crippen LogP contribution in [0.3, 0.4) is 0 Å². The summed E-state index contributed by atoms with van der Waals surface area (Å²) in [6.45, 7) is 0. The molecule has 2 aromatic heterocycles. The zero-order valence-electron chi connectivity index (χ0n) is 10.5. The third-order valence-corrected chi connectivity index (χ3v) is 3.65. The number of rotatable bonds is 4. The summed E-state index contributed by atoms with van der Waals surface area (Å²) in [4.78, 5) is 30.8. The summed E-state index contributed by atoms with van der Waals surface area (Å²) < 4.78 is 5.81. The van der Waals surface area contributed by atoms with Gasteiger partial charge in [-0.15, -0.1) is 0 Å². The molecule has 7 nitrogen and oxygen atoms in total. The van der Waals surface area contributed by atoms with Crippen molar-refractivity contribution in [1.29, 1.82) is 0 Å². The zero-order chi connectivity index (χ0) is 14.1. The average molecular weight is 291 g/mol. The van der Waals surface area contributed by atoms with Crippen LogP contribution in [0.5, 0.6) is 0 Å². The van der Waals surface area contributed by atoms with Crippen LogP contribution >= 0.6 is 11.8 Å². The molecule has 102 valence electrons. The molecule has 8 heteroatoms. The van der Waals surface area contributed by atoms with E-state index in [0.29, 0.717) is 5.16 Å². The standard InChI is InChI=1S/C12H10N4O3S/c1-16-10(11(18)19-15-16)9(17)6-20-12-13-7-4-2-3-5-8(7)14-12/h2-5H,6H2,1H3,(H-,13,14,15,17,18)/p+1. The van der Waals surface area contributed by atoms with E-state index in [4.69, 9.17) is 0 Å². The Hall–Kier alpha value is -2.35. The number of carbonyl (C=O) groups excluding carboxylic acids is 1. The normalized spacial score (nSPS) is 11.1. The number of aryl methyl sites for hydroxylation is 1. The van der Waals surface area contributed by atoms with Gasteiger partial charge in [-0.3, -0.25) is 9.32 Å². The van der Waals surface area contributed by atoms with Crippen LogP contribution in [0.2, 0.25) is 0 Å². The van der Waals surface area contributed by atoms with Gasteiger partial charge in [0, 0.05) is 0 Å². The van der Waals surface area contributed by atoms with Gasteiger partial charge in [-0.25, -0.2) is 9.78 Å². The lowest BCUT2D eigenvalue weighted by atomic mass is 10.3. The van der Waals surface area contributed by atoms with Crippen LogP contribution in [0, 0.1) is 0 Å². The Labute approximate surface area is 117 Å². The molecule has 1 aromatic carbocycles. The number of fused-ring (bicyclic) bond motifs is 1. The lowest BCUT2D eigenvalue weighted by Crippen LogP contribution is -2.39. The molecule has 0 amide bonds. The van der Waals surface area contributed by atoms with E-state index in [1.165, 1.54) is 16.4 Å². The molecule has 20 heavy (non-hydrogen) atoms. The van der Waals surface area contributed by atoms with Crippen LogP contribution in [0.1, 0.15) is 10.5 Å². The number of ketones is 1. The van der Waals surface area contributed by atoms with Gasteiger partial charge < -0.3 is 4.98 Å². The number of aromatic amines is 2. The Balaban J connectivity index is 1.76. The fourth-order valence-electron chi connectivity index (χ4n) is 1.84. The van der Waals surface area contributed by atoms with Crippen molar-refractivity contribution in [3.05, 3.63) is 40.4 Å². The van der Waals surface area contributed by atoms with E-state index >= 15 is 0 Å². The number of nitrogens with zero attached hydrogens (tertiary/aromatic N) is 2. The molecule has 0 unspecified atom stereocenters. The number of imidazole rings is 1. The maximum atomic E-state index is 12.0. The van der Waals surface area contributed by atoms with Crippen molar-refractivity contribution in [3.63, 3.8) is 0 Å². The molecule has 0 bridgehead atoms. The van der Waals surface area contributed by atoms with E-state index in [1.807, 2.05) is 24.3 Å². The van der Waals surface area contributed by atoms with E-state index < -0.39 is 5.63 Å². The lowest BCUT2D eigenvalue weighted by molar-refractivity contribution is -0.741. The Morgan fingerprint density at radius 3 is 2.95 bits per heavy atom. The summed E-state index contributed by atoms with van der Waals surface area (Å²) in [7, 11) is 1.55. The number of carbonyl (C=O) groups is 1. The van der Waals surface area contributed by atoms with Gasteiger partial charge in [0.05, 0.1) is 16.8 Å². The van der Waals surface area contributed by atoms with E-state index in [-0.39, 0.29) is 17.2 Å². The van der Waals surface area contributed by atoms with Crippen LogP contribution in [-0.2, 0) is 7.05 Å². The van der Waals surface area contributed by atoms with E-state index in [0.717, 1.165) is 11.0 Å². The number of hydrogen-bond acceptors (Lipinski definition) is 5. The monoisotopic (exact) mass is 291 g/mol. The highest BCUT2D eigenvalue weighted by atomic mass is 32.2. The summed E-state index contributed by atoms with van der Waals surface area (Å²) in [5.41, 5.74) is 1.08. The lowest BCUT2D eigenvalue weighted by Gasteiger charge is -1.92. The first kappa shape index (κ1) is 12.7. The highest BCUT2D eigenvalue weighted by molar-refractivity contribution is 7.99. The molecular formula is C12H11N4O3S+. The molecule has 0 aliphatic carbocycles. The molecular weight excluding hydrogens is 280 g/mol. The van der Waals surface area contributed by atoms with Crippen LogP contribution in [-0.4, -0.2) is 26.8 Å². The van der Waals surface area contributed by atoms with E-state index in [1.54, 1.807) is 7.05 Å². The number of hydrogen-bond donors (Lipinski definition) is 2. The minimum absolute atomic E-state index is 0.00592. The van der Waals surface area contributed by atoms with Crippen molar-refractivity contribution in [1.82, 2.24) is 15.2 Å². The number of nitrogens with one attached hydrogen (secondary N) is 2. The zero-order valence-corrected chi connectivity index (χ0v) is 11.4. The Bertz CT molecular complexity index is 799. The van der Waals surface area contributed by atoms with Crippen molar-refractivity contribution >= 4 is 28.6 Å². The van der Waals surface area contributed by atoms with Crippen molar-refractivity contribution < 1.29 is 14.0 Å². The molecule has 3 rings (SSSR count). The third kappa shape index (κ3) is 2.25. The minimum atomic E-state index is -0.664. The van der Waals surface area contributed by atoms with Gasteiger partial charge >= 0.3 is 11.3 Å². The highest BCUT2D eigenvalue weighted by Gasteiger charge is 2.26. The molecule has 0 atom stereocenters. The molecule has 0 saturated carbocycles. The Morgan fingerprint density at radius 2 is 2.25 bits per heavy atom. The first-order valence-electron chi connectivity index (χ1n) is 5.83. The number of aromatic nitrogens is 4. The Morgan fingerprint density at radius 1 is 1.45 bits per heavy atom. The van der Waals surface area contributed by atoms with E-state index in [9.17, 15) is 9.59 Å². The average Bonchev–Trinajstić information content (AvgIpc) is 2.99. The quantitative estimate of drug-likeness (QED) is 0.418. The second-order valence-electron chi connectivity index (χ2n) is 4.16. The van der Waals surface area contributed by atoms with Gasteiger partial charge in [-0.05, 0) is 17.4 Å². The van der Waals surface area contributed by atoms with Crippen LogP contribution in [0.15, 0.2) is 38.7 Å². The number of thioether (sulfide) groups is 1. The number of H-pyrrole nitrogens is 2. The predicted octanol–water partition coefficient (Wildman–Crippen LogP) is 0.644. The van der Waals surface area contributed by atoms with Gasteiger partial charge in [0.2, 0.25) is 5.78 Å². The summed E-state index contributed by atoms with van der Waals surface area (Å²) >= 11 is 1.25. The van der Waals surface area contributed by atoms with E-state index in [2.05, 4.69) is 19.8 Å². The fourth-order valence-corrected chi connectivity index (χ4v) is 2.59. The van der Waals surface area contributed by atoms with Crippen molar-refractivity contribution in [2.24, 2.45) is 7.05 Å². The van der Waals surface area contributed by atoms with Crippen molar-refractivity contribution in [2.75, 3.05) is 5.75 Å². The van der Waals surface area contributed by atoms with Gasteiger partial charge in [-0.1, -0.05) is 28.6 Å². The third-order valence-electron chi connectivity index (χ3n) is 2.78. The summed E-state index contributed by atoms with van der Waals surface area (Å²) in [6, 6.07) is 7.60. The topological polar surface area (TPSA) is 95.6 Å². The van der Waals surface area contributed by atoms with Crippen LogP contribution in [0.25, 0.3) is 11.0 Å². The summed E-state index contributed by atoms with van der Waals surface area (Å²) in [5.74, 6) is -0.205. The molecule has 2 heterocycles. The second-order valence-corrected chi connectivity index (χ2v) is 5.12. The largest absolute Gasteiger partial charge is 0.438 e. The van der Waals surface area contributed by atoms with Crippen molar-refractivity contribution in [2.45, 2.75) is 5.16 Å². The minimum Gasteiger partial charge on any atom is -0.333 e. The fraction of sp³-hybridized carbons (Fsp3) is 0.167. The van der Waals surface area contributed by atoms with Crippen molar-refractivity contribution in [3.8, 4) is 0 Å². The maximum absolute atomic E-state index is 12.0. The molecule has 0 fully saturated rings. The number of benzene rings is 1. The molecule has 0 radical (unpaired) electrons. The molecule has 0 spiro atoms. The van der Waals surface area contributed by atoms with Gasteiger partial charge in [0.15, 0.2) is 12.2 Å². The van der Waals surface area contributed by atoms with Crippen LogP contribution < -0.4 is 10.3 Å². The first-order valence-corrected chi connectivity index (χ1v) is 6.82. The highest BCUT2D eigenvalue weighted by Crippen LogP contribution is 2.19. The first-order chi connectivity index (χ1) is 9.65. The van der Waals surface area contributed by atoms with Gasteiger partial charge in [0.25, 0.3) is 0 Å². The summed E-state index contributed by atoms with van der Waals surface area (Å²) in [5, 5.41) is 2.95. The smallest absolute Gasteiger partial charge is 0.333 e. The number of para-hydroxylation sites is 2. The Kier molecular flexibility index (Phi) is 3.15. The SMILES string of the molecule is C[n+]1[nH]oc(=O)c1C(=O)CSc1nc2ccccc2[nH]1. The molecule has 2 N–H and O–H groups in total.